The molecule has 4 rings (SSSR count). The second-order valence-electron chi connectivity index (χ2n) is 9.57. The van der Waals surface area contributed by atoms with Gasteiger partial charge >= 0.3 is 0 Å². The Morgan fingerprint density at radius 3 is 2.47 bits per heavy atom. The standard InChI is InChI=1S/C26H33ClN4O3/c1-19-23(17-28-20(2)29-19)25(33)31-13-9-26(10-14-31,16-24(32)30-11-4-3-5-12-30)18-34-22-8-6-7-21(27)15-22/h6-8,15,17H,3-5,9-14,16,18H2,1-2H3. The lowest BCUT2D eigenvalue weighted by atomic mass is 9.75. The largest absolute Gasteiger partial charge is 0.493 e. The minimum absolute atomic E-state index is 0.0517. The smallest absolute Gasteiger partial charge is 0.257 e. The first-order valence-corrected chi connectivity index (χ1v) is 12.5. The fourth-order valence-electron chi connectivity index (χ4n) is 4.89. The molecule has 2 saturated heterocycles. The zero-order valence-electron chi connectivity index (χ0n) is 20.1. The van der Waals surface area contributed by atoms with Crippen LogP contribution in [-0.4, -0.2) is 64.4 Å². The fraction of sp³-hybridized carbons (Fsp3) is 0.538. The Morgan fingerprint density at radius 1 is 1.06 bits per heavy atom. The van der Waals surface area contributed by atoms with Crippen molar-refractivity contribution in [3.63, 3.8) is 0 Å². The molecule has 1 aromatic carbocycles. The number of amides is 2. The average molecular weight is 485 g/mol. The van der Waals surface area contributed by atoms with Gasteiger partial charge in [-0.05, 0) is 64.2 Å². The maximum absolute atomic E-state index is 13.2. The molecular weight excluding hydrogens is 452 g/mol. The van der Waals surface area contributed by atoms with E-state index in [1.165, 1.54) is 6.42 Å². The van der Waals surface area contributed by atoms with E-state index in [0.717, 1.165) is 25.9 Å². The molecule has 0 saturated carbocycles. The quantitative estimate of drug-likeness (QED) is 0.605. The van der Waals surface area contributed by atoms with E-state index in [0.29, 0.717) is 66.8 Å². The summed E-state index contributed by atoms with van der Waals surface area (Å²) in [6.45, 7) is 6.88. The molecule has 34 heavy (non-hydrogen) atoms. The van der Waals surface area contributed by atoms with E-state index >= 15 is 0 Å². The number of aromatic nitrogens is 2. The first kappa shape index (κ1) is 24.5. The summed E-state index contributed by atoms with van der Waals surface area (Å²) in [6.07, 6.45) is 6.77. The SMILES string of the molecule is Cc1ncc(C(=O)N2CCC(COc3cccc(Cl)c3)(CC(=O)N3CCCCC3)CC2)c(C)n1. The first-order chi connectivity index (χ1) is 16.3. The number of aryl methyl sites for hydroxylation is 2. The molecule has 8 heteroatoms. The van der Waals surface area contributed by atoms with Gasteiger partial charge in [0.1, 0.15) is 11.6 Å². The summed E-state index contributed by atoms with van der Waals surface area (Å²) in [5, 5.41) is 0.618. The molecule has 0 aliphatic carbocycles. The van der Waals surface area contributed by atoms with Crippen LogP contribution in [0.15, 0.2) is 30.5 Å². The van der Waals surface area contributed by atoms with Crippen molar-refractivity contribution in [3.05, 3.63) is 52.6 Å². The van der Waals surface area contributed by atoms with Crippen molar-refractivity contribution >= 4 is 23.4 Å². The second kappa shape index (κ2) is 10.7. The summed E-state index contributed by atoms with van der Waals surface area (Å²) in [5.41, 5.74) is 0.906. The zero-order valence-corrected chi connectivity index (χ0v) is 20.8. The van der Waals surface area contributed by atoms with Crippen LogP contribution < -0.4 is 4.74 Å². The molecule has 1 aromatic heterocycles. The molecule has 2 aromatic rings. The molecule has 3 heterocycles. The van der Waals surface area contributed by atoms with Crippen molar-refractivity contribution in [3.8, 4) is 5.75 Å². The average Bonchev–Trinajstić information content (AvgIpc) is 2.84. The number of rotatable bonds is 6. The Bertz CT molecular complexity index is 1030. The Morgan fingerprint density at radius 2 is 1.79 bits per heavy atom. The highest BCUT2D eigenvalue weighted by atomic mass is 35.5. The third kappa shape index (κ3) is 5.87. The van der Waals surface area contributed by atoms with E-state index in [9.17, 15) is 9.59 Å². The number of carbonyl (C=O) groups excluding carboxylic acids is 2. The Labute approximate surface area is 206 Å². The minimum Gasteiger partial charge on any atom is -0.493 e. The van der Waals surface area contributed by atoms with Crippen LogP contribution in [-0.2, 0) is 4.79 Å². The van der Waals surface area contributed by atoms with Gasteiger partial charge in [-0.2, -0.15) is 0 Å². The lowest BCUT2D eigenvalue weighted by molar-refractivity contribution is -0.136. The highest BCUT2D eigenvalue weighted by Gasteiger charge is 2.40. The Balaban J connectivity index is 1.46. The van der Waals surface area contributed by atoms with Gasteiger partial charge in [-0.15, -0.1) is 0 Å². The molecule has 0 unspecified atom stereocenters. The van der Waals surface area contributed by atoms with Crippen LogP contribution in [0, 0.1) is 19.3 Å². The molecule has 0 bridgehead atoms. The Kier molecular flexibility index (Phi) is 7.71. The van der Waals surface area contributed by atoms with Crippen molar-refractivity contribution in [2.45, 2.75) is 52.4 Å². The van der Waals surface area contributed by atoms with Gasteiger partial charge in [0.25, 0.3) is 5.91 Å². The lowest BCUT2D eigenvalue weighted by Crippen LogP contribution is -2.48. The molecule has 2 fully saturated rings. The van der Waals surface area contributed by atoms with Crippen LogP contribution in [0.5, 0.6) is 5.75 Å². The van der Waals surface area contributed by atoms with E-state index in [-0.39, 0.29) is 17.2 Å². The van der Waals surface area contributed by atoms with Crippen LogP contribution in [0.1, 0.15) is 60.4 Å². The van der Waals surface area contributed by atoms with E-state index in [1.54, 1.807) is 12.3 Å². The molecule has 2 aliphatic rings. The molecule has 0 spiro atoms. The van der Waals surface area contributed by atoms with Gasteiger partial charge in [0.2, 0.25) is 5.91 Å². The molecule has 7 nitrogen and oxygen atoms in total. The Hall–Kier alpha value is -2.67. The van der Waals surface area contributed by atoms with E-state index in [1.807, 2.05) is 41.8 Å². The number of benzene rings is 1. The van der Waals surface area contributed by atoms with Crippen molar-refractivity contribution in [2.75, 3.05) is 32.8 Å². The monoisotopic (exact) mass is 484 g/mol. The molecule has 2 amide bonds. The minimum atomic E-state index is -0.327. The topological polar surface area (TPSA) is 75.6 Å². The third-order valence-electron chi connectivity index (χ3n) is 7.02. The predicted molar refractivity (Wildman–Crippen MR) is 131 cm³/mol. The summed E-state index contributed by atoms with van der Waals surface area (Å²) >= 11 is 6.13. The summed E-state index contributed by atoms with van der Waals surface area (Å²) in [5.74, 6) is 1.49. The zero-order chi connectivity index (χ0) is 24.1. The van der Waals surface area contributed by atoms with Crippen LogP contribution in [0.4, 0.5) is 0 Å². The molecule has 182 valence electrons. The normalized spacial score (nSPS) is 18.0. The molecular formula is C26H33ClN4O3. The molecule has 0 N–H and O–H groups in total. The number of halogens is 1. The number of hydrogen-bond acceptors (Lipinski definition) is 5. The maximum Gasteiger partial charge on any atom is 0.257 e. The third-order valence-corrected chi connectivity index (χ3v) is 7.25. The summed E-state index contributed by atoms with van der Waals surface area (Å²) in [6, 6.07) is 7.34. The number of likely N-dealkylation sites (tertiary alicyclic amines) is 2. The fourth-order valence-corrected chi connectivity index (χ4v) is 5.07. The maximum atomic E-state index is 13.2. The molecule has 0 atom stereocenters. The van der Waals surface area contributed by atoms with Gasteiger partial charge < -0.3 is 14.5 Å². The van der Waals surface area contributed by atoms with Gasteiger partial charge in [-0.1, -0.05) is 17.7 Å². The second-order valence-corrected chi connectivity index (χ2v) is 10.0. The summed E-state index contributed by atoms with van der Waals surface area (Å²) in [4.78, 5) is 38.7. The van der Waals surface area contributed by atoms with Crippen LogP contribution >= 0.6 is 11.6 Å². The van der Waals surface area contributed by atoms with Crippen molar-refractivity contribution in [2.24, 2.45) is 5.41 Å². The van der Waals surface area contributed by atoms with Gasteiger partial charge in [0.15, 0.2) is 0 Å². The highest BCUT2D eigenvalue weighted by molar-refractivity contribution is 6.30. The number of nitrogens with zero attached hydrogens (tertiary/aromatic N) is 4. The lowest BCUT2D eigenvalue weighted by Gasteiger charge is -2.42. The van der Waals surface area contributed by atoms with E-state index < -0.39 is 0 Å². The van der Waals surface area contributed by atoms with E-state index in [2.05, 4.69) is 9.97 Å². The summed E-state index contributed by atoms with van der Waals surface area (Å²) in [7, 11) is 0. The number of hydrogen-bond donors (Lipinski definition) is 0. The molecule has 2 aliphatic heterocycles. The number of ether oxygens (including phenoxy) is 1. The van der Waals surface area contributed by atoms with Crippen molar-refractivity contribution < 1.29 is 14.3 Å². The van der Waals surface area contributed by atoms with Crippen molar-refractivity contribution in [1.29, 1.82) is 0 Å². The summed E-state index contributed by atoms with van der Waals surface area (Å²) < 4.78 is 6.15. The van der Waals surface area contributed by atoms with Gasteiger partial charge in [0, 0.05) is 49.2 Å². The number of carbonyl (C=O) groups is 2. The van der Waals surface area contributed by atoms with Gasteiger partial charge in [0.05, 0.1) is 17.9 Å². The van der Waals surface area contributed by atoms with Crippen molar-refractivity contribution in [1.82, 2.24) is 19.8 Å². The van der Waals surface area contributed by atoms with Crippen LogP contribution in [0.3, 0.4) is 0 Å². The first-order valence-electron chi connectivity index (χ1n) is 12.1. The predicted octanol–water partition coefficient (Wildman–Crippen LogP) is 4.45. The highest BCUT2D eigenvalue weighted by Crippen LogP contribution is 2.37. The van der Waals surface area contributed by atoms with Gasteiger partial charge in [-0.25, -0.2) is 9.97 Å². The van der Waals surface area contributed by atoms with Crippen LogP contribution in [0.2, 0.25) is 5.02 Å². The van der Waals surface area contributed by atoms with E-state index in [4.69, 9.17) is 16.3 Å². The van der Waals surface area contributed by atoms with Gasteiger partial charge in [-0.3, -0.25) is 9.59 Å². The van der Waals surface area contributed by atoms with Crippen LogP contribution in [0.25, 0.3) is 0 Å². The number of piperidine rings is 2. The molecule has 0 radical (unpaired) electrons.